The molecule has 0 aliphatic carbocycles. The number of rotatable bonds is 10. The lowest BCUT2D eigenvalue weighted by Gasteiger charge is -2.15. The van der Waals surface area contributed by atoms with Crippen molar-refractivity contribution in [2.45, 2.75) is 31.5 Å². The molecule has 0 saturated carbocycles. The Morgan fingerprint density at radius 1 is 1.39 bits per heavy atom. The molecule has 18 heavy (non-hydrogen) atoms. The largest absolute Gasteiger partial charge is 0.492 e. The van der Waals surface area contributed by atoms with Crippen LogP contribution in [0.3, 0.4) is 0 Å². The summed E-state index contributed by atoms with van der Waals surface area (Å²) in [5.41, 5.74) is 0. The van der Waals surface area contributed by atoms with Gasteiger partial charge in [0.2, 0.25) is 0 Å². The summed E-state index contributed by atoms with van der Waals surface area (Å²) in [5.74, 6) is -1.00. The van der Waals surface area contributed by atoms with Crippen LogP contribution in [0.25, 0.3) is 0 Å². The summed E-state index contributed by atoms with van der Waals surface area (Å²) in [5, 5.41) is 20.6. The first-order valence-corrected chi connectivity index (χ1v) is 7.66. The summed E-state index contributed by atoms with van der Waals surface area (Å²) >= 11 is 0. The van der Waals surface area contributed by atoms with Crippen LogP contribution in [0.2, 0.25) is 6.04 Å². The molecule has 0 aromatic heterocycles. The molecule has 6 N–H and O–H groups in total. The lowest BCUT2D eigenvalue weighted by molar-refractivity contribution is -0.139. The molecule has 0 bridgehead atoms. The first-order chi connectivity index (χ1) is 8.22. The second-order valence-electron chi connectivity index (χ2n) is 4.07. The highest BCUT2D eigenvalue weighted by atomic mass is 28.4. The smallest absolute Gasteiger partial charge is 0.480 e. The van der Waals surface area contributed by atoms with Crippen molar-refractivity contribution < 1.29 is 34.1 Å². The van der Waals surface area contributed by atoms with Gasteiger partial charge in [0.15, 0.2) is 0 Å². The first kappa shape index (κ1) is 17.4. The molecular formula is C9H21NO7Si. The van der Waals surface area contributed by atoms with Crippen LogP contribution < -0.4 is 5.32 Å². The molecular weight excluding hydrogens is 262 g/mol. The lowest BCUT2D eigenvalue weighted by Crippen LogP contribution is -2.40. The van der Waals surface area contributed by atoms with Gasteiger partial charge >= 0.3 is 14.8 Å². The Labute approximate surface area is 106 Å². The Morgan fingerprint density at radius 3 is 2.50 bits per heavy atom. The van der Waals surface area contributed by atoms with E-state index in [1.54, 1.807) is 0 Å². The predicted molar refractivity (Wildman–Crippen MR) is 63.8 cm³/mol. The van der Waals surface area contributed by atoms with E-state index in [0.29, 0.717) is 0 Å². The van der Waals surface area contributed by atoms with Crippen LogP contribution in [0.15, 0.2) is 0 Å². The van der Waals surface area contributed by atoms with Gasteiger partial charge in [-0.3, -0.25) is 4.79 Å². The van der Waals surface area contributed by atoms with Gasteiger partial charge in [-0.25, -0.2) is 0 Å². The van der Waals surface area contributed by atoms with E-state index in [2.05, 4.69) is 5.32 Å². The van der Waals surface area contributed by atoms with Crippen LogP contribution in [0, 0.1) is 0 Å². The van der Waals surface area contributed by atoms with Gasteiger partial charge in [0.05, 0.1) is 12.7 Å². The van der Waals surface area contributed by atoms with Crippen molar-refractivity contribution in [3.05, 3.63) is 0 Å². The number of carboxylic acid groups (broad SMARTS) is 1. The van der Waals surface area contributed by atoms with Crippen molar-refractivity contribution in [2.24, 2.45) is 0 Å². The van der Waals surface area contributed by atoms with Gasteiger partial charge in [-0.1, -0.05) is 0 Å². The van der Waals surface area contributed by atoms with Crippen LogP contribution in [0.5, 0.6) is 0 Å². The Balaban J connectivity index is 3.48. The molecule has 8 nitrogen and oxygen atoms in total. The van der Waals surface area contributed by atoms with Crippen molar-refractivity contribution in [1.82, 2.24) is 5.32 Å². The van der Waals surface area contributed by atoms with Crippen LogP contribution >= 0.6 is 0 Å². The highest BCUT2D eigenvalue weighted by Crippen LogP contribution is 2.01. The van der Waals surface area contributed by atoms with Crippen LogP contribution in [0.1, 0.15) is 13.3 Å². The standard InChI is InChI=1S/C9H21NO7Si/c1-7(9(12)13)10-5-8(11)6-17-3-2-4-18(14,15)16/h7-8,10-11,14-16H,2-6H2,1H3,(H,12,13)/t7-,8?/m0/s1. The normalized spacial score (nSPS) is 15.4. The zero-order valence-corrected chi connectivity index (χ0v) is 11.2. The summed E-state index contributed by atoms with van der Waals surface area (Å²) in [7, 11) is -4.00. The maximum atomic E-state index is 10.5. The average Bonchev–Trinajstić information content (AvgIpc) is 2.23. The first-order valence-electron chi connectivity index (χ1n) is 5.61. The number of aliphatic carboxylic acids is 1. The SMILES string of the molecule is C[C@H](NCC(O)COCCC[Si](O)(O)O)C(=O)O. The number of aliphatic hydroxyl groups excluding tert-OH is 1. The van der Waals surface area contributed by atoms with Gasteiger partial charge in [-0.15, -0.1) is 0 Å². The van der Waals surface area contributed by atoms with E-state index in [1.165, 1.54) is 6.92 Å². The average molecular weight is 283 g/mol. The number of ether oxygens (including phenoxy) is 1. The van der Waals surface area contributed by atoms with E-state index in [1.807, 2.05) is 0 Å². The maximum Gasteiger partial charge on any atom is 0.492 e. The number of aliphatic hydroxyl groups is 1. The minimum Gasteiger partial charge on any atom is -0.480 e. The molecule has 0 saturated heterocycles. The summed E-state index contributed by atoms with van der Waals surface area (Å²) in [4.78, 5) is 36.6. The molecule has 0 rings (SSSR count). The van der Waals surface area contributed by atoms with E-state index in [0.717, 1.165) is 0 Å². The fourth-order valence-electron chi connectivity index (χ4n) is 1.09. The topological polar surface area (TPSA) is 139 Å². The molecule has 0 heterocycles. The van der Waals surface area contributed by atoms with Gasteiger partial charge in [0.25, 0.3) is 0 Å². The molecule has 0 aromatic rings. The number of hydrogen-bond acceptors (Lipinski definition) is 7. The molecule has 0 aliphatic heterocycles. The minimum absolute atomic E-state index is 0.0101. The van der Waals surface area contributed by atoms with E-state index >= 15 is 0 Å². The van der Waals surface area contributed by atoms with E-state index < -0.39 is 26.9 Å². The summed E-state index contributed by atoms with van der Waals surface area (Å²) in [6, 6.07) is -0.860. The molecule has 108 valence electrons. The zero-order valence-electron chi connectivity index (χ0n) is 10.2. The third-order valence-electron chi connectivity index (χ3n) is 2.14. The highest BCUT2D eigenvalue weighted by molar-refractivity contribution is 6.56. The summed E-state index contributed by atoms with van der Waals surface area (Å²) < 4.78 is 5.04. The number of hydrogen-bond donors (Lipinski definition) is 6. The Hall–Kier alpha value is -0.553. The van der Waals surface area contributed by atoms with Gasteiger partial charge in [0.1, 0.15) is 6.04 Å². The van der Waals surface area contributed by atoms with Crippen molar-refractivity contribution in [3.63, 3.8) is 0 Å². The zero-order chi connectivity index (χ0) is 14.2. The Morgan fingerprint density at radius 2 is 2.00 bits per heavy atom. The van der Waals surface area contributed by atoms with Crippen molar-refractivity contribution in [2.75, 3.05) is 19.8 Å². The number of carbonyl (C=O) groups is 1. The Bertz CT molecular complexity index is 246. The third kappa shape index (κ3) is 10.6. The predicted octanol–water partition coefficient (Wildman–Crippen LogP) is -2.27. The fourth-order valence-corrected chi connectivity index (χ4v) is 1.71. The lowest BCUT2D eigenvalue weighted by atomic mass is 10.3. The van der Waals surface area contributed by atoms with Crippen LogP contribution in [-0.4, -0.2) is 71.3 Å². The van der Waals surface area contributed by atoms with Crippen molar-refractivity contribution in [3.8, 4) is 0 Å². The third-order valence-corrected chi connectivity index (χ3v) is 3.17. The second kappa shape index (κ2) is 8.53. The molecule has 0 fully saturated rings. The van der Waals surface area contributed by atoms with Crippen LogP contribution in [-0.2, 0) is 9.53 Å². The van der Waals surface area contributed by atoms with E-state index in [-0.39, 0.29) is 32.2 Å². The van der Waals surface area contributed by atoms with Crippen LogP contribution in [0.4, 0.5) is 0 Å². The van der Waals surface area contributed by atoms with Gasteiger partial charge in [0, 0.05) is 19.2 Å². The molecule has 0 spiro atoms. The van der Waals surface area contributed by atoms with E-state index in [4.69, 9.17) is 24.2 Å². The number of nitrogens with one attached hydrogen (secondary N) is 1. The molecule has 1 unspecified atom stereocenters. The second-order valence-corrected chi connectivity index (χ2v) is 6.12. The van der Waals surface area contributed by atoms with Gasteiger partial charge in [-0.2, -0.15) is 0 Å². The Kier molecular flexibility index (Phi) is 8.27. The molecule has 9 heteroatoms. The van der Waals surface area contributed by atoms with Crippen molar-refractivity contribution >= 4 is 14.8 Å². The molecule has 0 amide bonds. The molecule has 0 radical (unpaired) electrons. The molecule has 0 aromatic carbocycles. The fraction of sp³-hybridized carbons (Fsp3) is 0.889. The summed E-state index contributed by atoms with van der Waals surface area (Å²) in [6.45, 7) is 1.74. The minimum atomic E-state index is -4.00. The van der Waals surface area contributed by atoms with Gasteiger partial charge < -0.3 is 34.7 Å². The van der Waals surface area contributed by atoms with Crippen molar-refractivity contribution in [1.29, 1.82) is 0 Å². The highest BCUT2D eigenvalue weighted by Gasteiger charge is 2.25. The molecule has 2 atom stereocenters. The monoisotopic (exact) mass is 283 g/mol. The quantitative estimate of drug-likeness (QED) is 0.195. The maximum absolute atomic E-state index is 10.5. The van der Waals surface area contributed by atoms with E-state index in [9.17, 15) is 9.90 Å². The number of carboxylic acids is 1. The van der Waals surface area contributed by atoms with Gasteiger partial charge in [-0.05, 0) is 13.3 Å². The molecule has 0 aliphatic rings. The summed E-state index contributed by atoms with van der Waals surface area (Å²) in [6.07, 6.45) is -0.562.